The summed E-state index contributed by atoms with van der Waals surface area (Å²) in [6.07, 6.45) is -3.52. The molecule has 0 unspecified atom stereocenters. The molecule has 0 aromatic carbocycles. The van der Waals surface area contributed by atoms with Crippen molar-refractivity contribution in [2.45, 2.75) is 19.0 Å². The fourth-order valence-corrected chi connectivity index (χ4v) is 1.73. The molecule has 2 aromatic rings. The van der Waals surface area contributed by atoms with Crippen LogP contribution in [0.5, 0.6) is 0 Å². The number of nitrogens with zero attached hydrogens (tertiary/aromatic N) is 2. The van der Waals surface area contributed by atoms with Gasteiger partial charge >= 0.3 is 12.1 Å². The normalized spacial score (nSPS) is 11.9. The molecule has 0 aliphatic rings. The van der Waals surface area contributed by atoms with Crippen LogP contribution in [0.15, 0.2) is 24.5 Å². The number of pyridine rings is 1. The minimum atomic E-state index is -5.80. The number of carbonyl (C=O) groups excluding carboxylic acids is 2. The summed E-state index contributed by atoms with van der Waals surface area (Å²) in [5.41, 5.74) is 0.141. The third-order valence-electron chi connectivity index (χ3n) is 3.17. The van der Waals surface area contributed by atoms with Crippen molar-refractivity contribution in [3.05, 3.63) is 41.5 Å². The molecule has 2 amide bonds. The number of halogens is 5. The molecule has 140 valence electrons. The molecule has 0 aliphatic carbocycles. The minimum absolute atomic E-state index is 0.145. The van der Waals surface area contributed by atoms with Crippen molar-refractivity contribution in [2.24, 2.45) is 0 Å². The Morgan fingerprint density at radius 1 is 1.12 bits per heavy atom. The molecular formula is C14H12F5N5O2. The number of carbonyl (C=O) groups is 2. The van der Waals surface area contributed by atoms with Crippen LogP contribution >= 0.6 is 0 Å². The molecule has 3 N–H and O–H groups in total. The zero-order valence-electron chi connectivity index (χ0n) is 13.1. The zero-order valence-corrected chi connectivity index (χ0v) is 13.1. The lowest BCUT2D eigenvalue weighted by atomic mass is 10.2. The molecule has 12 heteroatoms. The van der Waals surface area contributed by atoms with Gasteiger partial charge in [0.25, 0.3) is 11.8 Å². The summed E-state index contributed by atoms with van der Waals surface area (Å²) in [4.78, 5) is 27.8. The summed E-state index contributed by atoms with van der Waals surface area (Å²) in [6.45, 7) is -0.249. The number of hydrogen-bond donors (Lipinski definition) is 3. The molecule has 2 aromatic heterocycles. The van der Waals surface area contributed by atoms with Crippen molar-refractivity contribution in [1.82, 2.24) is 20.5 Å². The molecule has 2 rings (SSSR count). The minimum Gasteiger partial charge on any atom is -0.344 e. The molecule has 0 atom stereocenters. The Hall–Kier alpha value is -3.05. The van der Waals surface area contributed by atoms with Crippen molar-refractivity contribution in [3.63, 3.8) is 0 Å². The van der Waals surface area contributed by atoms with Gasteiger partial charge < -0.3 is 10.6 Å². The average molecular weight is 377 g/mol. The van der Waals surface area contributed by atoms with Gasteiger partial charge in [-0.1, -0.05) is 0 Å². The lowest BCUT2D eigenvalue weighted by molar-refractivity contribution is -0.278. The van der Waals surface area contributed by atoms with E-state index in [9.17, 15) is 31.5 Å². The highest BCUT2D eigenvalue weighted by Crippen LogP contribution is 2.34. The number of aryl methyl sites for hydroxylation is 1. The van der Waals surface area contributed by atoms with E-state index in [4.69, 9.17) is 0 Å². The Morgan fingerprint density at radius 2 is 1.81 bits per heavy atom. The van der Waals surface area contributed by atoms with E-state index in [1.807, 2.05) is 0 Å². The number of anilines is 1. The number of nitrogens with one attached hydrogen (secondary N) is 3. The van der Waals surface area contributed by atoms with E-state index in [0.29, 0.717) is 5.69 Å². The van der Waals surface area contributed by atoms with Crippen LogP contribution in [0.25, 0.3) is 0 Å². The average Bonchev–Trinajstić information content (AvgIpc) is 3.00. The topological polar surface area (TPSA) is 99.8 Å². The van der Waals surface area contributed by atoms with Crippen molar-refractivity contribution in [1.29, 1.82) is 0 Å². The summed E-state index contributed by atoms with van der Waals surface area (Å²) in [7, 11) is 0. The van der Waals surface area contributed by atoms with Gasteiger partial charge in [-0.15, -0.1) is 0 Å². The van der Waals surface area contributed by atoms with Crippen LogP contribution in [0.2, 0.25) is 0 Å². The smallest absolute Gasteiger partial charge is 0.344 e. The van der Waals surface area contributed by atoms with E-state index in [0.717, 1.165) is 6.20 Å². The highest BCUT2D eigenvalue weighted by molar-refractivity contribution is 6.08. The van der Waals surface area contributed by atoms with Gasteiger partial charge in [0.05, 0.1) is 24.0 Å². The van der Waals surface area contributed by atoms with Crippen LogP contribution in [0.3, 0.4) is 0 Å². The number of amides is 2. The van der Waals surface area contributed by atoms with Crippen LogP contribution in [0.4, 0.5) is 27.6 Å². The molecule has 0 fully saturated rings. The van der Waals surface area contributed by atoms with Gasteiger partial charge in [0, 0.05) is 11.9 Å². The van der Waals surface area contributed by atoms with E-state index < -0.39 is 36.2 Å². The Kier molecular flexibility index (Phi) is 5.23. The first-order chi connectivity index (χ1) is 12.0. The predicted molar refractivity (Wildman–Crippen MR) is 78.9 cm³/mol. The van der Waals surface area contributed by atoms with Crippen LogP contribution in [0.1, 0.15) is 26.5 Å². The summed E-state index contributed by atoms with van der Waals surface area (Å²) in [5, 5.41) is 9.34. The third-order valence-corrected chi connectivity index (χ3v) is 3.17. The molecule has 0 spiro atoms. The predicted octanol–water partition coefficient (Wildman–Crippen LogP) is 2.29. The van der Waals surface area contributed by atoms with Crippen molar-refractivity contribution >= 4 is 17.5 Å². The Labute approximate surface area is 143 Å². The number of hydrogen-bond acceptors (Lipinski definition) is 4. The zero-order chi connectivity index (χ0) is 19.5. The monoisotopic (exact) mass is 377 g/mol. The van der Waals surface area contributed by atoms with Gasteiger partial charge in [0.1, 0.15) is 5.69 Å². The molecule has 0 aliphatic heterocycles. The fourth-order valence-electron chi connectivity index (χ4n) is 1.73. The lowest BCUT2D eigenvalue weighted by Crippen LogP contribution is -2.46. The quantitative estimate of drug-likeness (QED) is 0.696. The number of aromatic amines is 1. The van der Waals surface area contributed by atoms with Crippen molar-refractivity contribution in [3.8, 4) is 0 Å². The molecule has 0 saturated carbocycles. The lowest BCUT2D eigenvalue weighted by Gasteiger charge is -2.19. The van der Waals surface area contributed by atoms with E-state index >= 15 is 0 Å². The van der Waals surface area contributed by atoms with E-state index in [1.165, 1.54) is 17.6 Å². The summed E-state index contributed by atoms with van der Waals surface area (Å²) in [5.74, 6) is -7.06. The summed E-state index contributed by atoms with van der Waals surface area (Å²) < 4.78 is 62.0. The highest BCUT2D eigenvalue weighted by Gasteiger charge is 2.57. The highest BCUT2D eigenvalue weighted by atomic mass is 19.4. The molecule has 2 heterocycles. The second-order valence-electron chi connectivity index (χ2n) is 5.19. The first-order valence-electron chi connectivity index (χ1n) is 7.01. The van der Waals surface area contributed by atoms with Crippen LogP contribution in [-0.2, 0) is 0 Å². The van der Waals surface area contributed by atoms with E-state index in [2.05, 4.69) is 20.5 Å². The van der Waals surface area contributed by atoms with Crippen molar-refractivity contribution in [2.75, 3.05) is 11.9 Å². The summed E-state index contributed by atoms with van der Waals surface area (Å²) in [6, 6.07) is 3.03. The first kappa shape index (κ1) is 19.3. The van der Waals surface area contributed by atoms with Gasteiger partial charge in [-0.05, 0) is 19.1 Å². The maximum absolute atomic E-state index is 12.9. The van der Waals surface area contributed by atoms with E-state index in [-0.39, 0.29) is 11.3 Å². The molecule has 0 radical (unpaired) electrons. The third kappa shape index (κ3) is 4.32. The standard InChI is InChI=1S/C14H12F5N5O2/c1-7-2-3-8(4-20-7)11(25)23-9-5-22-24-10(9)12(26)21-6-13(15,16)14(17,18)19/h2-5H,6H2,1H3,(H,21,26)(H,22,24)(H,23,25). The Balaban J connectivity index is 2.06. The van der Waals surface area contributed by atoms with Gasteiger partial charge in [0.2, 0.25) is 0 Å². The Morgan fingerprint density at radius 3 is 2.38 bits per heavy atom. The molecular weight excluding hydrogens is 365 g/mol. The number of alkyl halides is 5. The van der Waals surface area contributed by atoms with E-state index in [1.54, 1.807) is 13.0 Å². The number of H-pyrrole nitrogens is 1. The molecule has 7 nitrogen and oxygen atoms in total. The van der Waals surface area contributed by atoms with Gasteiger partial charge in [-0.25, -0.2) is 0 Å². The Bertz CT molecular complexity index is 801. The van der Waals surface area contributed by atoms with Crippen molar-refractivity contribution < 1.29 is 31.5 Å². The summed E-state index contributed by atoms with van der Waals surface area (Å²) >= 11 is 0. The second kappa shape index (κ2) is 7.06. The molecule has 0 bridgehead atoms. The van der Waals surface area contributed by atoms with Crippen LogP contribution < -0.4 is 10.6 Å². The number of rotatable bonds is 5. The van der Waals surface area contributed by atoms with Gasteiger partial charge in [-0.3, -0.25) is 19.7 Å². The van der Waals surface area contributed by atoms with Crippen LogP contribution in [0, 0.1) is 6.92 Å². The van der Waals surface area contributed by atoms with Crippen LogP contribution in [-0.4, -0.2) is 45.6 Å². The number of aromatic nitrogens is 3. The van der Waals surface area contributed by atoms with Gasteiger partial charge in [0.15, 0.2) is 0 Å². The second-order valence-corrected chi connectivity index (χ2v) is 5.19. The maximum atomic E-state index is 12.9. The molecule has 0 saturated heterocycles. The first-order valence-corrected chi connectivity index (χ1v) is 7.01. The molecule has 26 heavy (non-hydrogen) atoms. The largest absolute Gasteiger partial charge is 0.455 e. The maximum Gasteiger partial charge on any atom is 0.455 e. The van der Waals surface area contributed by atoms with Gasteiger partial charge in [-0.2, -0.15) is 27.1 Å². The SMILES string of the molecule is Cc1ccc(C(=O)Nc2cn[nH]c2C(=O)NCC(F)(F)C(F)(F)F)cn1. The fraction of sp³-hybridized carbons (Fsp3) is 0.286.